The minimum Gasteiger partial charge on any atom is -0.497 e. The number of halogens is 1. The highest BCUT2D eigenvalue weighted by Crippen LogP contribution is 2.31. The number of fused-ring (bicyclic) bond motifs is 1. The molecule has 0 saturated heterocycles. The maximum atomic E-state index is 13.3. The van der Waals surface area contributed by atoms with E-state index >= 15 is 0 Å². The first-order valence-electron chi connectivity index (χ1n) is 9.46. The molecular weight excluding hydrogens is 402 g/mol. The first-order chi connectivity index (χ1) is 14.4. The average molecular weight is 424 g/mol. The van der Waals surface area contributed by atoms with Gasteiger partial charge in [0, 0.05) is 35.3 Å². The molecule has 154 valence electrons. The minimum absolute atomic E-state index is 0.117. The Balaban J connectivity index is 2.09. The lowest BCUT2D eigenvalue weighted by Gasteiger charge is -2.15. The van der Waals surface area contributed by atoms with Crippen LogP contribution in [0.25, 0.3) is 10.9 Å². The molecule has 0 aliphatic heterocycles. The summed E-state index contributed by atoms with van der Waals surface area (Å²) in [5.74, 6) is 0.329. The van der Waals surface area contributed by atoms with Crippen LogP contribution in [0.4, 0.5) is 0 Å². The number of aromatic nitrogens is 1. The lowest BCUT2D eigenvalue weighted by molar-refractivity contribution is -0.129. The van der Waals surface area contributed by atoms with E-state index in [0.29, 0.717) is 34.1 Å². The second-order valence-corrected chi connectivity index (χ2v) is 7.43. The Hall–Kier alpha value is -3.30. The van der Waals surface area contributed by atoms with Crippen molar-refractivity contribution in [3.63, 3.8) is 0 Å². The van der Waals surface area contributed by atoms with Crippen molar-refractivity contribution >= 4 is 34.3 Å². The smallest absolute Gasteiger partial charge is 0.262 e. The number of carbonyl (C=O) groups excluding carboxylic acids is 2. The van der Waals surface area contributed by atoms with Gasteiger partial charge in [0.05, 0.1) is 31.5 Å². The van der Waals surface area contributed by atoms with Crippen molar-refractivity contribution in [2.45, 2.75) is 19.8 Å². The zero-order valence-electron chi connectivity index (χ0n) is 17.1. The largest absolute Gasteiger partial charge is 0.497 e. The Morgan fingerprint density at radius 1 is 1.20 bits per heavy atom. The highest BCUT2D eigenvalue weighted by atomic mass is 35.5. The zero-order chi connectivity index (χ0) is 21.8. The van der Waals surface area contributed by atoms with E-state index in [1.165, 1.54) is 4.90 Å². The van der Waals surface area contributed by atoms with E-state index in [4.69, 9.17) is 21.6 Å². The number of carbonyl (C=O) groups is 2. The summed E-state index contributed by atoms with van der Waals surface area (Å²) in [6.07, 6.45) is 0.393. The van der Waals surface area contributed by atoms with Gasteiger partial charge in [-0.25, -0.2) is 0 Å². The van der Waals surface area contributed by atoms with Gasteiger partial charge >= 0.3 is 0 Å². The number of nitrogens with zero attached hydrogens (tertiary/aromatic N) is 3. The Labute approximate surface area is 180 Å². The molecular formula is C23H22ClN3O3. The predicted molar refractivity (Wildman–Crippen MR) is 116 cm³/mol. The predicted octanol–water partition coefficient (Wildman–Crippen LogP) is 4.21. The molecule has 0 fully saturated rings. The second kappa shape index (κ2) is 9.02. The van der Waals surface area contributed by atoms with E-state index in [9.17, 15) is 9.59 Å². The van der Waals surface area contributed by atoms with E-state index in [2.05, 4.69) is 0 Å². The van der Waals surface area contributed by atoms with Crippen LogP contribution >= 0.6 is 11.6 Å². The normalized spacial score (nSPS) is 10.6. The molecule has 7 heteroatoms. The third-order valence-electron chi connectivity index (χ3n) is 5.15. The maximum Gasteiger partial charge on any atom is 0.262 e. The molecule has 1 amide bonds. The fourth-order valence-electron chi connectivity index (χ4n) is 3.42. The summed E-state index contributed by atoms with van der Waals surface area (Å²) in [7, 11) is 3.25. The van der Waals surface area contributed by atoms with Crippen molar-refractivity contribution in [2.24, 2.45) is 0 Å². The number of rotatable bonds is 6. The fourth-order valence-corrected chi connectivity index (χ4v) is 3.55. The summed E-state index contributed by atoms with van der Waals surface area (Å²) in [6, 6.07) is 14.2. The van der Waals surface area contributed by atoms with Gasteiger partial charge in [-0.3, -0.25) is 14.2 Å². The summed E-state index contributed by atoms with van der Waals surface area (Å²) >= 11 is 5.96. The van der Waals surface area contributed by atoms with Crippen molar-refractivity contribution < 1.29 is 14.3 Å². The van der Waals surface area contributed by atoms with E-state index in [0.717, 1.165) is 10.9 Å². The molecule has 3 rings (SSSR count). The number of hydrogen-bond donors (Lipinski definition) is 0. The molecule has 6 nitrogen and oxygen atoms in total. The fraction of sp³-hybridized carbons (Fsp3) is 0.261. The maximum absolute atomic E-state index is 13.3. The molecule has 3 aromatic rings. The molecule has 0 N–H and O–H groups in total. The van der Waals surface area contributed by atoms with E-state index in [1.54, 1.807) is 49.1 Å². The SMILES string of the molecule is COc1ccc2c(c1)c(CC(=O)N(C)CCC#N)c(C)n2C(=O)c1ccc(Cl)cc1. The van der Waals surface area contributed by atoms with Crippen LogP contribution in [-0.2, 0) is 11.2 Å². The van der Waals surface area contributed by atoms with Gasteiger partial charge in [0.25, 0.3) is 5.91 Å². The number of ether oxygens (including phenoxy) is 1. The van der Waals surface area contributed by atoms with E-state index in [1.807, 2.05) is 25.1 Å². The topological polar surface area (TPSA) is 75.3 Å². The molecule has 1 heterocycles. The third-order valence-corrected chi connectivity index (χ3v) is 5.40. The van der Waals surface area contributed by atoms with Gasteiger partial charge in [-0.2, -0.15) is 5.26 Å². The number of methoxy groups -OCH3 is 1. The summed E-state index contributed by atoms with van der Waals surface area (Å²) in [5.41, 5.74) is 2.66. The van der Waals surface area contributed by atoms with Gasteiger partial charge in [-0.1, -0.05) is 11.6 Å². The number of nitriles is 1. The summed E-state index contributed by atoms with van der Waals surface area (Å²) in [4.78, 5) is 27.5. The molecule has 0 aliphatic rings. The summed E-state index contributed by atoms with van der Waals surface area (Å²) in [6.45, 7) is 2.19. The summed E-state index contributed by atoms with van der Waals surface area (Å²) in [5, 5.41) is 10.1. The summed E-state index contributed by atoms with van der Waals surface area (Å²) < 4.78 is 6.97. The van der Waals surface area contributed by atoms with Crippen molar-refractivity contribution in [3.05, 3.63) is 64.3 Å². The zero-order valence-corrected chi connectivity index (χ0v) is 17.9. The Morgan fingerprint density at radius 2 is 1.90 bits per heavy atom. The van der Waals surface area contributed by atoms with Crippen LogP contribution in [0.3, 0.4) is 0 Å². The number of likely N-dealkylation sites (N-methyl/N-ethyl adjacent to an activating group) is 1. The van der Waals surface area contributed by atoms with Gasteiger partial charge in [-0.15, -0.1) is 0 Å². The van der Waals surface area contributed by atoms with Crippen LogP contribution in [0.15, 0.2) is 42.5 Å². The Bertz CT molecular complexity index is 1140. The van der Waals surface area contributed by atoms with Crippen molar-refractivity contribution in [2.75, 3.05) is 20.7 Å². The van der Waals surface area contributed by atoms with Crippen LogP contribution in [0.2, 0.25) is 5.02 Å². The minimum atomic E-state index is -0.198. The van der Waals surface area contributed by atoms with Crippen LogP contribution in [0.5, 0.6) is 5.75 Å². The molecule has 2 aromatic carbocycles. The molecule has 30 heavy (non-hydrogen) atoms. The molecule has 0 spiro atoms. The Kier molecular flexibility index (Phi) is 6.43. The van der Waals surface area contributed by atoms with Crippen LogP contribution in [0.1, 0.15) is 28.0 Å². The quantitative estimate of drug-likeness (QED) is 0.595. The molecule has 0 atom stereocenters. The molecule has 0 aliphatic carbocycles. The Morgan fingerprint density at radius 3 is 2.53 bits per heavy atom. The van der Waals surface area contributed by atoms with Gasteiger partial charge in [0.1, 0.15) is 5.75 Å². The average Bonchev–Trinajstić information content (AvgIpc) is 3.02. The lowest BCUT2D eigenvalue weighted by atomic mass is 10.1. The highest BCUT2D eigenvalue weighted by Gasteiger charge is 2.23. The molecule has 0 saturated carbocycles. The molecule has 0 radical (unpaired) electrons. The van der Waals surface area contributed by atoms with Gasteiger partial charge in [0.15, 0.2) is 0 Å². The van der Waals surface area contributed by atoms with Crippen molar-refractivity contribution in [3.8, 4) is 11.8 Å². The lowest BCUT2D eigenvalue weighted by Crippen LogP contribution is -2.29. The van der Waals surface area contributed by atoms with Crippen molar-refractivity contribution in [1.29, 1.82) is 5.26 Å². The molecule has 0 bridgehead atoms. The first-order valence-corrected chi connectivity index (χ1v) is 9.84. The monoisotopic (exact) mass is 423 g/mol. The number of amides is 1. The van der Waals surface area contributed by atoms with Gasteiger partial charge in [-0.05, 0) is 55.0 Å². The van der Waals surface area contributed by atoms with E-state index in [-0.39, 0.29) is 24.7 Å². The standard InChI is InChI=1S/C23H22ClN3O3/c1-15-19(14-22(28)26(2)12-4-11-25)20-13-18(30-3)9-10-21(20)27(15)23(29)16-5-7-17(24)8-6-16/h5-10,13H,4,12,14H2,1-3H3. The third kappa shape index (κ3) is 4.17. The number of benzene rings is 2. The van der Waals surface area contributed by atoms with Gasteiger partial charge in [0.2, 0.25) is 5.91 Å². The first kappa shape index (κ1) is 21.4. The van der Waals surface area contributed by atoms with Crippen LogP contribution in [0, 0.1) is 18.3 Å². The highest BCUT2D eigenvalue weighted by molar-refractivity contribution is 6.30. The van der Waals surface area contributed by atoms with Crippen LogP contribution in [-0.4, -0.2) is 42.0 Å². The molecule has 1 aromatic heterocycles. The van der Waals surface area contributed by atoms with Crippen LogP contribution < -0.4 is 4.74 Å². The van der Waals surface area contributed by atoms with Crippen molar-refractivity contribution in [1.82, 2.24) is 9.47 Å². The van der Waals surface area contributed by atoms with Gasteiger partial charge < -0.3 is 9.64 Å². The molecule has 0 unspecified atom stereocenters. The number of hydrogen-bond acceptors (Lipinski definition) is 4. The second-order valence-electron chi connectivity index (χ2n) is 6.99. The van der Waals surface area contributed by atoms with E-state index < -0.39 is 0 Å².